The van der Waals surface area contributed by atoms with E-state index in [9.17, 15) is 9.59 Å². The molecule has 0 saturated heterocycles. The number of hydrogen-bond acceptors (Lipinski definition) is 2. The average molecular weight is 255 g/mol. The molecule has 0 aliphatic heterocycles. The quantitative estimate of drug-likeness (QED) is 0.843. The fourth-order valence-corrected chi connectivity index (χ4v) is 2.75. The van der Waals surface area contributed by atoms with Gasteiger partial charge in [-0.1, -0.05) is 20.3 Å². The van der Waals surface area contributed by atoms with Crippen molar-refractivity contribution in [3.63, 3.8) is 0 Å². The molecule has 4 nitrogen and oxygen atoms in total. The molecule has 18 heavy (non-hydrogen) atoms. The van der Waals surface area contributed by atoms with Gasteiger partial charge < -0.3 is 10.0 Å². The highest BCUT2D eigenvalue weighted by atomic mass is 16.4. The summed E-state index contributed by atoms with van der Waals surface area (Å²) in [4.78, 5) is 25.1. The fourth-order valence-electron chi connectivity index (χ4n) is 2.75. The summed E-state index contributed by atoms with van der Waals surface area (Å²) in [6, 6.07) is 0. The standard InChI is InChI=1S/C14H25NO3/c1-13(2,3)15(9-11(16)17)12(18)10-7-6-8-14(10,4)5/h10H,6-9H2,1-5H3,(H,16,17). The Hall–Kier alpha value is -1.06. The maximum Gasteiger partial charge on any atom is 0.323 e. The van der Waals surface area contributed by atoms with Crippen molar-refractivity contribution >= 4 is 11.9 Å². The third-order valence-corrected chi connectivity index (χ3v) is 3.92. The van der Waals surface area contributed by atoms with Crippen molar-refractivity contribution < 1.29 is 14.7 Å². The second-order valence-electron chi connectivity index (χ2n) is 6.92. The number of carboxylic acids is 1. The van der Waals surface area contributed by atoms with Crippen molar-refractivity contribution in [3.8, 4) is 0 Å². The fraction of sp³-hybridized carbons (Fsp3) is 0.857. The zero-order chi connectivity index (χ0) is 14.1. The normalized spacial score (nSPS) is 22.8. The van der Waals surface area contributed by atoms with Crippen molar-refractivity contribution in [2.24, 2.45) is 11.3 Å². The first-order valence-corrected chi connectivity index (χ1v) is 6.59. The van der Waals surface area contributed by atoms with Crippen LogP contribution in [0.5, 0.6) is 0 Å². The Morgan fingerprint density at radius 3 is 2.22 bits per heavy atom. The molecule has 1 aliphatic rings. The molecule has 1 N–H and O–H groups in total. The molecule has 0 heterocycles. The number of hydrogen-bond donors (Lipinski definition) is 1. The highest BCUT2D eigenvalue weighted by Crippen LogP contribution is 2.44. The number of aliphatic carboxylic acids is 1. The summed E-state index contributed by atoms with van der Waals surface area (Å²) in [5.74, 6) is -1.00. The van der Waals surface area contributed by atoms with Gasteiger partial charge in [0.15, 0.2) is 0 Å². The summed E-state index contributed by atoms with van der Waals surface area (Å²) in [5.41, 5.74) is -0.465. The Labute approximate surface area is 109 Å². The van der Waals surface area contributed by atoms with E-state index in [0.29, 0.717) is 0 Å². The number of carbonyl (C=O) groups excluding carboxylic acids is 1. The molecule has 0 aromatic carbocycles. The lowest BCUT2D eigenvalue weighted by atomic mass is 9.80. The van der Waals surface area contributed by atoms with E-state index in [0.717, 1.165) is 19.3 Å². The lowest BCUT2D eigenvalue weighted by Crippen LogP contribution is -2.52. The molecule has 0 aromatic heterocycles. The van der Waals surface area contributed by atoms with Gasteiger partial charge in [0.25, 0.3) is 0 Å². The van der Waals surface area contributed by atoms with Gasteiger partial charge in [0.2, 0.25) is 5.91 Å². The second-order valence-corrected chi connectivity index (χ2v) is 6.92. The first-order valence-electron chi connectivity index (χ1n) is 6.59. The SMILES string of the molecule is CC1(C)CCCC1C(=O)N(CC(=O)O)C(C)(C)C. The molecule has 0 aromatic rings. The third kappa shape index (κ3) is 3.24. The van der Waals surface area contributed by atoms with E-state index >= 15 is 0 Å². The molecule has 1 fully saturated rings. The minimum Gasteiger partial charge on any atom is -0.480 e. The molecular weight excluding hydrogens is 230 g/mol. The molecular formula is C14H25NO3. The molecule has 104 valence electrons. The highest BCUT2D eigenvalue weighted by Gasteiger charge is 2.43. The molecule has 4 heteroatoms. The van der Waals surface area contributed by atoms with Crippen LogP contribution in [0.2, 0.25) is 0 Å². The topological polar surface area (TPSA) is 57.6 Å². The molecule has 1 atom stereocenters. The van der Waals surface area contributed by atoms with Crippen LogP contribution in [0.1, 0.15) is 53.9 Å². The van der Waals surface area contributed by atoms with Crippen LogP contribution in [-0.4, -0.2) is 34.0 Å². The van der Waals surface area contributed by atoms with Crippen molar-refractivity contribution in [1.82, 2.24) is 4.90 Å². The summed E-state index contributed by atoms with van der Waals surface area (Å²) in [6.07, 6.45) is 2.96. The maximum atomic E-state index is 12.6. The van der Waals surface area contributed by atoms with E-state index < -0.39 is 11.5 Å². The lowest BCUT2D eigenvalue weighted by Gasteiger charge is -2.39. The van der Waals surface area contributed by atoms with Gasteiger partial charge in [-0.2, -0.15) is 0 Å². The summed E-state index contributed by atoms with van der Waals surface area (Å²) >= 11 is 0. The zero-order valence-corrected chi connectivity index (χ0v) is 12.1. The molecule has 1 saturated carbocycles. The van der Waals surface area contributed by atoms with Gasteiger partial charge in [-0.05, 0) is 39.0 Å². The van der Waals surface area contributed by atoms with Gasteiger partial charge in [-0.25, -0.2) is 0 Å². The van der Waals surface area contributed by atoms with E-state index in [2.05, 4.69) is 13.8 Å². The molecule has 1 unspecified atom stereocenters. The molecule has 0 bridgehead atoms. The summed E-state index contributed by atoms with van der Waals surface area (Å²) in [5, 5.41) is 8.98. The van der Waals surface area contributed by atoms with Gasteiger partial charge in [-0.3, -0.25) is 9.59 Å². The van der Waals surface area contributed by atoms with Gasteiger partial charge in [0.05, 0.1) is 0 Å². The van der Waals surface area contributed by atoms with Crippen LogP contribution in [0.4, 0.5) is 0 Å². The largest absolute Gasteiger partial charge is 0.480 e. The number of carboxylic acid groups (broad SMARTS) is 1. The Bertz CT molecular complexity index is 341. The minimum absolute atomic E-state index is 0.00704. The van der Waals surface area contributed by atoms with Crippen LogP contribution in [0.15, 0.2) is 0 Å². The lowest BCUT2D eigenvalue weighted by molar-refractivity contribution is -0.152. The van der Waals surface area contributed by atoms with Crippen molar-refractivity contribution in [1.29, 1.82) is 0 Å². The maximum absolute atomic E-state index is 12.6. The van der Waals surface area contributed by atoms with E-state index in [1.807, 2.05) is 20.8 Å². The Morgan fingerprint density at radius 2 is 1.89 bits per heavy atom. The van der Waals surface area contributed by atoms with E-state index in [1.54, 1.807) is 0 Å². The Balaban J connectivity index is 2.93. The predicted molar refractivity (Wildman–Crippen MR) is 70.2 cm³/mol. The van der Waals surface area contributed by atoms with Gasteiger partial charge in [0.1, 0.15) is 6.54 Å². The van der Waals surface area contributed by atoms with Crippen LogP contribution in [0, 0.1) is 11.3 Å². The van der Waals surface area contributed by atoms with Gasteiger partial charge in [-0.15, -0.1) is 0 Å². The molecule has 1 aliphatic carbocycles. The van der Waals surface area contributed by atoms with Crippen LogP contribution in [0.3, 0.4) is 0 Å². The zero-order valence-electron chi connectivity index (χ0n) is 12.1. The van der Waals surface area contributed by atoms with Crippen molar-refractivity contribution in [2.75, 3.05) is 6.54 Å². The minimum atomic E-state index is -0.950. The molecule has 0 spiro atoms. The Morgan fingerprint density at radius 1 is 1.33 bits per heavy atom. The van der Waals surface area contributed by atoms with Crippen LogP contribution >= 0.6 is 0 Å². The number of nitrogens with zero attached hydrogens (tertiary/aromatic N) is 1. The number of rotatable bonds is 3. The third-order valence-electron chi connectivity index (χ3n) is 3.92. The number of amides is 1. The summed E-state index contributed by atoms with van der Waals surface area (Å²) in [7, 11) is 0. The summed E-state index contributed by atoms with van der Waals surface area (Å²) < 4.78 is 0. The average Bonchev–Trinajstić information content (AvgIpc) is 2.51. The van der Waals surface area contributed by atoms with E-state index in [1.165, 1.54) is 4.90 Å². The van der Waals surface area contributed by atoms with Crippen molar-refractivity contribution in [3.05, 3.63) is 0 Å². The van der Waals surface area contributed by atoms with Crippen LogP contribution in [-0.2, 0) is 9.59 Å². The van der Waals surface area contributed by atoms with Gasteiger partial charge >= 0.3 is 5.97 Å². The highest BCUT2D eigenvalue weighted by molar-refractivity contribution is 5.84. The Kier molecular flexibility index (Phi) is 4.08. The molecule has 1 rings (SSSR count). The smallest absolute Gasteiger partial charge is 0.323 e. The van der Waals surface area contributed by atoms with Crippen LogP contribution in [0.25, 0.3) is 0 Å². The van der Waals surface area contributed by atoms with Gasteiger partial charge in [0, 0.05) is 11.5 Å². The first-order chi connectivity index (χ1) is 8.05. The molecule has 1 amide bonds. The van der Waals surface area contributed by atoms with E-state index in [4.69, 9.17) is 5.11 Å². The van der Waals surface area contributed by atoms with E-state index in [-0.39, 0.29) is 23.8 Å². The number of carbonyl (C=O) groups is 2. The second kappa shape index (κ2) is 4.90. The first kappa shape index (κ1) is 15.0. The van der Waals surface area contributed by atoms with Crippen molar-refractivity contribution in [2.45, 2.75) is 59.4 Å². The summed E-state index contributed by atoms with van der Waals surface area (Å²) in [6.45, 7) is 9.64. The van der Waals surface area contributed by atoms with Crippen LogP contribution < -0.4 is 0 Å². The monoisotopic (exact) mass is 255 g/mol. The molecule has 0 radical (unpaired) electrons. The predicted octanol–water partition coefficient (Wildman–Crippen LogP) is 2.52.